The molecule has 0 aromatic heterocycles. The Morgan fingerprint density at radius 1 is 1.25 bits per heavy atom. The van der Waals surface area contributed by atoms with Crippen molar-refractivity contribution < 1.29 is 9.53 Å². The van der Waals surface area contributed by atoms with Crippen LogP contribution in [0.4, 0.5) is 0 Å². The van der Waals surface area contributed by atoms with E-state index in [-0.39, 0.29) is 10.7 Å². The minimum absolute atomic E-state index is 0.108. The summed E-state index contributed by atoms with van der Waals surface area (Å²) in [7, 11) is 0. The highest BCUT2D eigenvalue weighted by atomic mass is 32.2. The Bertz CT molecular complexity index is 436. The average molecular weight is 292 g/mol. The number of rotatable bonds is 8. The predicted molar refractivity (Wildman–Crippen MR) is 86.9 cm³/mol. The van der Waals surface area contributed by atoms with Crippen LogP contribution in [0.2, 0.25) is 0 Å². The lowest BCUT2D eigenvalue weighted by Crippen LogP contribution is -2.21. The van der Waals surface area contributed by atoms with Crippen molar-refractivity contribution in [3.05, 3.63) is 48.0 Å². The van der Waals surface area contributed by atoms with Crippen molar-refractivity contribution in [2.24, 2.45) is 0 Å². The fraction of sp³-hybridized carbons (Fsp3) is 0.471. The maximum Gasteiger partial charge on any atom is 0.333 e. The standard InChI is InChI=1S/C17H24O2S/c1-5-17(6-2,15-10-8-7-9-11-15)20-13-12-19-16(18)14(3)4/h7-11H,3,5-6,12-13H2,1-2,4H3. The summed E-state index contributed by atoms with van der Waals surface area (Å²) in [5, 5.41) is 0. The van der Waals surface area contributed by atoms with Crippen LogP contribution in [0.1, 0.15) is 39.2 Å². The summed E-state index contributed by atoms with van der Waals surface area (Å²) in [6, 6.07) is 10.6. The van der Waals surface area contributed by atoms with E-state index in [0.29, 0.717) is 12.2 Å². The summed E-state index contributed by atoms with van der Waals surface area (Å²) in [5.74, 6) is 0.499. The van der Waals surface area contributed by atoms with Gasteiger partial charge in [0, 0.05) is 16.1 Å². The third-order valence-electron chi connectivity index (χ3n) is 3.49. The van der Waals surface area contributed by atoms with Gasteiger partial charge in [-0.2, -0.15) is 0 Å². The molecule has 1 rings (SSSR count). The van der Waals surface area contributed by atoms with Crippen LogP contribution in [-0.4, -0.2) is 18.3 Å². The van der Waals surface area contributed by atoms with Crippen molar-refractivity contribution >= 4 is 17.7 Å². The second kappa shape index (κ2) is 8.15. The molecule has 110 valence electrons. The lowest BCUT2D eigenvalue weighted by atomic mass is 9.93. The van der Waals surface area contributed by atoms with Crippen LogP contribution >= 0.6 is 11.8 Å². The summed E-state index contributed by atoms with van der Waals surface area (Å²) in [4.78, 5) is 11.3. The number of carbonyl (C=O) groups excluding carboxylic acids is 1. The van der Waals surface area contributed by atoms with Gasteiger partial charge in [0.2, 0.25) is 0 Å². The molecule has 3 heteroatoms. The van der Waals surface area contributed by atoms with Gasteiger partial charge >= 0.3 is 5.97 Å². The van der Waals surface area contributed by atoms with Gasteiger partial charge < -0.3 is 4.74 Å². The molecule has 0 heterocycles. The summed E-state index contributed by atoms with van der Waals surface area (Å²) >= 11 is 1.87. The Hall–Kier alpha value is -1.22. The van der Waals surface area contributed by atoms with E-state index < -0.39 is 0 Å². The van der Waals surface area contributed by atoms with Crippen LogP contribution in [-0.2, 0) is 14.3 Å². The van der Waals surface area contributed by atoms with Gasteiger partial charge in [-0.1, -0.05) is 50.8 Å². The van der Waals surface area contributed by atoms with E-state index in [1.54, 1.807) is 6.92 Å². The molecular formula is C17H24O2S. The maximum absolute atomic E-state index is 11.3. The van der Waals surface area contributed by atoms with E-state index >= 15 is 0 Å². The molecular weight excluding hydrogens is 268 g/mol. The van der Waals surface area contributed by atoms with Crippen LogP contribution in [0.3, 0.4) is 0 Å². The topological polar surface area (TPSA) is 26.3 Å². The molecule has 0 aliphatic heterocycles. The van der Waals surface area contributed by atoms with E-state index in [0.717, 1.165) is 18.6 Å². The van der Waals surface area contributed by atoms with Crippen LogP contribution in [0.5, 0.6) is 0 Å². The molecule has 0 N–H and O–H groups in total. The van der Waals surface area contributed by atoms with Gasteiger partial charge in [0.15, 0.2) is 0 Å². The van der Waals surface area contributed by atoms with Gasteiger partial charge in [0.1, 0.15) is 6.61 Å². The van der Waals surface area contributed by atoms with Crippen molar-refractivity contribution in [1.29, 1.82) is 0 Å². The first-order chi connectivity index (χ1) is 9.55. The molecule has 0 saturated heterocycles. The number of thioether (sulfide) groups is 1. The monoisotopic (exact) mass is 292 g/mol. The quantitative estimate of drug-likeness (QED) is 0.399. The number of carbonyl (C=O) groups is 1. The van der Waals surface area contributed by atoms with Gasteiger partial charge in [-0.05, 0) is 25.3 Å². The minimum atomic E-state index is -0.302. The average Bonchev–Trinajstić information content (AvgIpc) is 2.48. The molecule has 0 atom stereocenters. The highest BCUT2D eigenvalue weighted by Gasteiger charge is 2.28. The predicted octanol–water partition coefficient (Wildman–Crippen LogP) is 4.55. The first kappa shape index (κ1) is 16.8. The summed E-state index contributed by atoms with van der Waals surface area (Å²) < 4.78 is 5.27. The number of ether oxygens (including phenoxy) is 1. The SMILES string of the molecule is C=C(C)C(=O)OCCSC(CC)(CC)c1ccccc1. The minimum Gasteiger partial charge on any atom is -0.461 e. The number of hydrogen-bond acceptors (Lipinski definition) is 3. The first-order valence-electron chi connectivity index (χ1n) is 7.08. The Kier molecular flexibility index (Phi) is 6.86. The zero-order valence-corrected chi connectivity index (χ0v) is 13.5. The molecule has 0 aliphatic carbocycles. The fourth-order valence-corrected chi connectivity index (χ4v) is 3.45. The number of hydrogen-bond donors (Lipinski definition) is 0. The van der Waals surface area contributed by atoms with E-state index in [1.807, 2.05) is 17.8 Å². The molecule has 2 nitrogen and oxygen atoms in total. The Labute approximate surface area is 126 Å². The molecule has 0 aliphatic rings. The Balaban J connectivity index is 2.60. The maximum atomic E-state index is 11.3. The normalized spacial score (nSPS) is 11.2. The summed E-state index contributed by atoms with van der Waals surface area (Å²) in [6.07, 6.45) is 2.12. The van der Waals surface area contributed by atoms with E-state index in [1.165, 1.54) is 5.56 Å². The molecule has 0 bridgehead atoms. The van der Waals surface area contributed by atoms with Crippen molar-refractivity contribution in [2.75, 3.05) is 12.4 Å². The lowest BCUT2D eigenvalue weighted by Gasteiger charge is -2.31. The third kappa shape index (κ3) is 4.41. The third-order valence-corrected chi connectivity index (χ3v) is 5.22. The molecule has 0 fully saturated rings. The molecule has 20 heavy (non-hydrogen) atoms. The lowest BCUT2D eigenvalue weighted by molar-refractivity contribution is -0.138. The van der Waals surface area contributed by atoms with E-state index in [9.17, 15) is 4.79 Å². The second-order valence-corrected chi connectivity index (χ2v) is 6.31. The van der Waals surface area contributed by atoms with Crippen molar-refractivity contribution in [3.8, 4) is 0 Å². The molecule has 0 spiro atoms. The first-order valence-corrected chi connectivity index (χ1v) is 8.06. The van der Waals surface area contributed by atoms with E-state index in [4.69, 9.17) is 4.74 Å². The van der Waals surface area contributed by atoms with Crippen LogP contribution in [0.15, 0.2) is 42.5 Å². The zero-order chi connectivity index (χ0) is 15.0. The van der Waals surface area contributed by atoms with Gasteiger partial charge in [-0.15, -0.1) is 11.8 Å². The summed E-state index contributed by atoms with van der Waals surface area (Å²) in [5.41, 5.74) is 1.80. The molecule has 0 amide bonds. The van der Waals surface area contributed by atoms with Gasteiger partial charge in [0.05, 0.1) is 0 Å². The largest absolute Gasteiger partial charge is 0.461 e. The molecule has 0 unspecified atom stereocenters. The molecule has 1 aromatic rings. The van der Waals surface area contributed by atoms with E-state index in [2.05, 4.69) is 44.7 Å². The van der Waals surface area contributed by atoms with Gasteiger partial charge in [-0.25, -0.2) is 4.79 Å². The van der Waals surface area contributed by atoms with Gasteiger partial charge in [0.25, 0.3) is 0 Å². The van der Waals surface area contributed by atoms with Crippen LogP contribution in [0, 0.1) is 0 Å². The van der Waals surface area contributed by atoms with Crippen molar-refractivity contribution in [3.63, 3.8) is 0 Å². The highest BCUT2D eigenvalue weighted by Crippen LogP contribution is 2.42. The summed E-state index contributed by atoms with van der Waals surface area (Å²) in [6.45, 7) is 10.1. The Morgan fingerprint density at radius 3 is 2.35 bits per heavy atom. The molecule has 0 radical (unpaired) electrons. The van der Waals surface area contributed by atoms with Crippen LogP contribution < -0.4 is 0 Å². The van der Waals surface area contributed by atoms with Crippen molar-refractivity contribution in [2.45, 2.75) is 38.4 Å². The molecule has 0 saturated carbocycles. The Morgan fingerprint density at radius 2 is 1.85 bits per heavy atom. The number of benzene rings is 1. The zero-order valence-electron chi connectivity index (χ0n) is 12.6. The highest BCUT2D eigenvalue weighted by molar-refractivity contribution is 8.00. The van der Waals surface area contributed by atoms with Gasteiger partial charge in [-0.3, -0.25) is 0 Å². The second-order valence-electron chi connectivity index (χ2n) is 4.83. The fourth-order valence-electron chi connectivity index (χ4n) is 2.18. The van der Waals surface area contributed by atoms with Crippen LogP contribution in [0.25, 0.3) is 0 Å². The molecule has 1 aromatic carbocycles. The smallest absolute Gasteiger partial charge is 0.333 e. The number of esters is 1. The van der Waals surface area contributed by atoms with Crippen molar-refractivity contribution in [1.82, 2.24) is 0 Å².